The van der Waals surface area contributed by atoms with Crippen LogP contribution in [0.15, 0.2) is 5.10 Å². The van der Waals surface area contributed by atoms with E-state index in [-0.39, 0.29) is 11.9 Å². The zero-order chi connectivity index (χ0) is 7.98. The quantitative estimate of drug-likeness (QED) is 0.426. The Morgan fingerprint density at radius 1 is 1.90 bits per heavy atom. The van der Waals surface area contributed by atoms with Crippen LogP contribution in [0.2, 0.25) is 0 Å². The molecule has 0 saturated carbocycles. The number of nitrogens with zero attached hydrogens (tertiary/aromatic N) is 1. The Bertz CT molecular complexity index is 131. The smallest absolute Gasteiger partial charge is 0.239 e. The van der Waals surface area contributed by atoms with Crippen molar-refractivity contribution in [1.82, 2.24) is 5.43 Å². The summed E-state index contributed by atoms with van der Waals surface area (Å²) in [5, 5.41) is 3.59. The van der Waals surface area contributed by atoms with Crippen molar-refractivity contribution in [3.8, 4) is 0 Å². The first kappa shape index (κ1) is 9.10. The molecular formula is C6H13N3O. The number of hydrazone groups is 1. The molecule has 4 nitrogen and oxygen atoms in total. The van der Waals surface area contributed by atoms with E-state index in [1.54, 1.807) is 13.8 Å². The Kier molecular flexibility index (Phi) is 4.49. The first-order valence-electron chi connectivity index (χ1n) is 3.24. The third kappa shape index (κ3) is 5.24. The number of hydrogen-bond donors (Lipinski definition) is 2. The van der Waals surface area contributed by atoms with E-state index in [0.29, 0.717) is 6.42 Å². The molecule has 0 heterocycles. The van der Waals surface area contributed by atoms with Crippen LogP contribution >= 0.6 is 0 Å². The molecule has 0 aliphatic carbocycles. The van der Waals surface area contributed by atoms with Crippen LogP contribution in [0.1, 0.15) is 20.3 Å². The molecule has 0 fully saturated rings. The lowest BCUT2D eigenvalue weighted by atomic mass is 10.4. The monoisotopic (exact) mass is 143 g/mol. The van der Waals surface area contributed by atoms with E-state index in [4.69, 9.17) is 5.73 Å². The van der Waals surface area contributed by atoms with Gasteiger partial charge in [0.25, 0.3) is 0 Å². The van der Waals surface area contributed by atoms with Crippen LogP contribution < -0.4 is 11.2 Å². The van der Waals surface area contributed by atoms with E-state index in [1.165, 1.54) is 6.21 Å². The maximum absolute atomic E-state index is 10.5. The zero-order valence-corrected chi connectivity index (χ0v) is 6.29. The van der Waals surface area contributed by atoms with Crippen LogP contribution in [0.5, 0.6) is 0 Å². The highest BCUT2D eigenvalue weighted by Gasteiger charge is 1.90. The van der Waals surface area contributed by atoms with Crippen molar-refractivity contribution < 1.29 is 4.79 Å². The largest absolute Gasteiger partial charge is 0.323 e. The van der Waals surface area contributed by atoms with Crippen LogP contribution in [0.4, 0.5) is 0 Å². The number of carbonyl (C=O) groups is 1. The highest BCUT2D eigenvalue weighted by Crippen LogP contribution is 1.73. The highest BCUT2D eigenvalue weighted by molar-refractivity contribution is 5.76. The fourth-order valence-electron chi connectivity index (χ4n) is 0.306. The normalized spacial score (nSPS) is 13.5. The van der Waals surface area contributed by atoms with Gasteiger partial charge >= 0.3 is 0 Å². The predicted molar refractivity (Wildman–Crippen MR) is 40.6 cm³/mol. The second kappa shape index (κ2) is 4.93. The fourth-order valence-corrected chi connectivity index (χ4v) is 0.306. The van der Waals surface area contributed by atoms with Crippen LogP contribution in [0.3, 0.4) is 0 Å². The van der Waals surface area contributed by atoms with Gasteiger partial charge in [-0.3, -0.25) is 4.79 Å². The summed E-state index contributed by atoms with van der Waals surface area (Å²) in [6, 6.07) is -0.114. The first-order valence-corrected chi connectivity index (χ1v) is 3.24. The molecule has 0 saturated heterocycles. The minimum absolute atomic E-state index is 0.100. The minimum atomic E-state index is -0.114. The topological polar surface area (TPSA) is 67.5 Å². The second-order valence-electron chi connectivity index (χ2n) is 2.03. The molecule has 58 valence electrons. The maximum Gasteiger partial charge on any atom is 0.239 e. The number of nitrogens with one attached hydrogen (secondary N) is 1. The molecule has 0 aromatic carbocycles. The predicted octanol–water partition coefficient (Wildman–Crippen LogP) is -0.154. The van der Waals surface area contributed by atoms with E-state index in [9.17, 15) is 4.79 Å². The van der Waals surface area contributed by atoms with Gasteiger partial charge in [0.1, 0.15) is 0 Å². The van der Waals surface area contributed by atoms with Gasteiger partial charge in [0, 0.05) is 18.7 Å². The second-order valence-corrected chi connectivity index (χ2v) is 2.03. The molecule has 1 atom stereocenters. The molecule has 0 aliphatic rings. The van der Waals surface area contributed by atoms with Crippen molar-refractivity contribution in [1.29, 1.82) is 0 Å². The molecule has 1 amide bonds. The van der Waals surface area contributed by atoms with Gasteiger partial charge in [0.05, 0.1) is 0 Å². The number of hydrogen-bond acceptors (Lipinski definition) is 3. The van der Waals surface area contributed by atoms with Gasteiger partial charge in [-0.15, -0.1) is 0 Å². The summed E-state index contributed by atoms with van der Waals surface area (Å²) >= 11 is 0. The summed E-state index contributed by atoms with van der Waals surface area (Å²) < 4.78 is 0. The summed E-state index contributed by atoms with van der Waals surface area (Å²) in [6.45, 7) is 3.54. The van der Waals surface area contributed by atoms with Gasteiger partial charge in [-0.2, -0.15) is 5.10 Å². The Balaban J connectivity index is 3.43. The number of rotatable bonds is 3. The van der Waals surface area contributed by atoms with Crippen molar-refractivity contribution in [2.45, 2.75) is 26.3 Å². The van der Waals surface area contributed by atoms with Crippen LogP contribution in [0, 0.1) is 0 Å². The Morgan fingerprint density at radius 3 is 2.90 bits per heavy atom. The summed E-state index contributed by atoms with van der Waals surface area (Å²) in [7, 11) is 0. The maximum atomic E-state index is 10.5. The van der Waals surface area contributed by atoms with Gasteiger partial charge in [-0.25, -0.2) is 5.43 Å². The number of nitrogens with two attached hydrogens (primary N) is 1. The molecule has 4 heteroatoms. The zero-order valence-electron chi connectivity index (χ0n) is 6.29. The molecule has 3 N–H and O–H groups in total. The average molecular weight is 143 g/mol. The summed E-state index contributed by atoms with van der Waals surface area (Å²) in [6.07, 6.45) is 1.92. The molecule has 0 aromatic heterocycles. The van der Waals surface area contributed by atoms with Crippen molar-refractivity contribution in [2.24, 2.45) is 10.8 Å². The van der Waals surface area contributed by atoms with Crippen molar-refractivity contribution in [3.05, 3.63) is 0 Å². The number of amides is 1. The first-order chi connectivity index (χ1) is 4.66. The molecule has 0 aromatic rings. The van der Waals surface area contributed by atoms with Crippen molar-refractivity contribution >= 4 is 12.1 Å². The van der Waals surface area contributed by atoms with Gasteiger partial charge in [0.15, 0.2) is 0 Å². The summed E-state index contributed by atoms with van der Waals surface area (Å²) in [4.78, 5) is 10.5. The van der Waals surface area contributed by atoms with Crippen LogP contribution in [0.25, 0.3) is 0 Å². The molecule has 0 radical (unpaired) electrons. The van der Waals surface area contributed by atoms with Crippen LogP contribution in [-0.4, -0.2) is 18.2 Å². The van der Waals surface area contributed by atoms with E-state index < -0.39 is 0 Å². The van der Waals surface area contributed by atoms with E-state index in [2.05, 4.69) is 10.5 Å². The fraction of sp³-hybridized carbons (Fsp3) is 0.667. The molecule has 0 rings (SSSR count). The lowest BCUT2D eigenvalue weighted by molar-refractivity contribution is -0.120. The van der Waals surface area contributed by atoms with Gasteiger partial charge in [-0.05, 0) is 6.92 Å². The van der Waals surface area contributed by atoms with Crippen LogP contribution in [-0.2, 0) is 4.79 Å². The Labute approximate surface area is 60.5 Å². The Morgan fingerprint density at radius 2 is 2.50 bits per heavy atom. The van der Waals surface area contributed by atoms with E-state index >= 15 is 0 Å². The molecule has 0 unspecified atom stereocenters. The summed E-state index contributed by atoms with van der Waals surface area (Å²) in [5.74, 6) is -0.100. The molecule has 0 aliphatic heterocycles. The third-order valence-corrected chi connectivity index (χ3v) is 0.820. The van der Waals surface area contributed by atoms with E-state index in [1.807, 2.05) is 0 Å². The average Bonchev–Trinajstić information content (AvgIpc) is 1.87. The molecule has 0 bridgehead atoms. The number of carbonyl (C=O) groups excluding carboxylic acids is 1. The third-order valence-electron chi connectivity index (χ3n) is 0.820. The van der Waals surface area contributed by atoms with Crippen molar-refractivity contribution in [3.63, 3.8) is 0 Å². The lowest BCUT2D eigenvalue weighted by Crippen LogP contribution is -2.21. The van der Waals surface area contributed by atoms with E-state index in [0.717, 1.165) is 0 Å². The highest BCUT2D eigenvalue weighted by atomic mass is 16.2. The van der Waals surface area contributed by atoms with Crippen molar-refractivity contribution in [2.75, 3.05) is 0 Å². The minimum Gasteiger partial charge on any atom is -0.323 e. The molecular weight excluding hydrogens is 130 g/mol. The van der Waals surface area contributed by atoms with Gasteiger partial charge in [-0.1, -0.05) is 6.92 Å². The van der Waals surface area contributed by atoms with Gasteiger partial charge in [0.2, 0.25) is 5.91 Å². The summed E-state index contributed by atoms with van der Waals surface area (Å²) in [5.41, 5.74) is 7.63. The SMILES string of the molecule is CCC(=O)N/N=C\[C@@H](C)N. The molecule has 10 heavy (non-hydrogen) atoms. The Hall–Kier alpha value is -0.900. The standard InChI is InChI=1S/C6H13N3O/c1-3-6(10)9-8-4-5(2)7/h4-5H,3,7H2,1-2H3,(H,9,10)/b8-4-/t5-/m1/s1. The van der Waals surface area contributed by atoms with Gasteiger partial charge < -0.3 is 5.73 Å². The molecule has 0 spiro atoms. The lowest BCUT2D eigenvalue weighted by Gasteiger charge is -1.95.